The number of benzene rings is 1. The first kappa shape index (κ1) is 14.9. The summed E-state index contributed by atoms with van der Waals surface area (Å²) in [5, 5.41) is 1.12. The zero-order valence-electron chi connectivity index (χ0n) is 9.59. The molecular weight excluding hydrogens is 279 g/mol. The van der Waals surface area contributed by atoms with E-state index in [0.29, 0.717) is 15.7 Å². The van der Waals surface area contributed by atoms with Gasteiger partial charge < -0.3 is 10.6 Å². The van der Waals surface area contributed by atoms with Crippen molar-refractivity contribution in [2.45, 2.75) is 19.3 Å². The van der Waals surface area contributed by atoms with Crippen molar-refractivity contribution in [1.29, 1.82) is 0 Å². The predicted octanol–water partition coefficient (Wildman–Crippen LogP) is 3.64. The number of nitrogens with zero attached hydrogens (tertiary/aromatic N) is 1. The average molecular weight is 296 g/mol. The fraction of sp³-hybridized carbons (Fsp3) is 0.500. The van der Waals surface area contributed by atoms with Gasteiger partial charge in [0.15, 0.2) is 0 Å². The Morgan fingerprint density at radius 1 is 1.12 bits per heavy atom. The number of hydrogen-bond acceptors (Lipinski definition) is 2. The van der Waals surface area contributed by atoms with Gasteiger partial charge in [-0.3, -0.25) is 0 Å². The third-order valence-corrected chi connectivity index (χ3v) is 3.68. The molecule has 0 amide bonds. The number of hydrogen-bond donors (Lipinski definition) is 1. The Hall–Kier alpha value is -0.150. The van der Waals surface area contributed by atoms with Crippen molar-refractivity contribution < 1.29 is 0 Å². The molecule has 0 radical (unpaired) electrons. The predicted molar refractivity (Wildman–Crippen MR) is 77.5 cm³/mol. The second kappa shape index (κ2) is 6.69. The van der Waals surface area contributed by atoms with E-state index in [1.807, 2.05) is 12.1 Å². The third kappa shape index (κ3) is 3.92. The van der Waals surface area contributed by atoms with E-state index in [-0.39, 0.29) is 12.4 Å². The van der Waals surface area contributed by atoms with E-state index in [1.54, 1.807) is 0 Å². The second-order valence-corrected chi connectivity index (χ2v) is 5.09. The fourth-order valence-corrected chi connectivity index (χ4v) is 2.61. The molecule has 0 aromatic heterocycles. The van der Waals surface area contributed by atoms with Crippen molar-refractivity contribution in [3.8, 4) is 0 Å². The molecular formula is C12H17Cl3N2. The highest BCUT2D eigenvalue weighted by Gasteiger charge is 2.11. The van der Waals surface area contributed by atoms with Crippen molar-refractivity contribution in [1.82, 2.24) is 4.90 Å². The van der Waals surface area contributed by atoms with Crippen LogP contribution >= 0.6 is 35.6 Å². The molecule has 1 heterocycles. The molecule has 1 fully saturated rings. The minimum Gasteiger partial charge on any atom is -0.396 e. The van der Waals surface area contributed by atoms with Crippen LogP contribution in [0.5, 0.6) is 0 Å². The van der Waals surface area contributed by atoms with Crippen molar-refractivity contribution in [2.75, 3.05) is 25.4 Å². The molecule has 1 aromatic carbocycles. The molecule has 1 aliphatic heterocycles. The van der Waals surface area contributed by atoms with Gasteiger partial charge in [0, 0.05) is 6.54 Å². The molecule has 17 heavy (non-hydrogen) atoms. The van der Waals surface area contributed by atoms with Crippen LogP contribution in [-0.2, 0) is 6.42 Å². The van der Waals surface area contributed by atoms with Crippen molar-refractivity contribution in [3.05, 3.63) is 27.7 Å². The molecule has 0 spiro atoms. The van der Waals surface area contributed by atoms with Crippen LogP contribution in [0.1, 0.15) is 18.4 Å². The van der Waals surface area contributed by atoms with Crippen LogP contribution < -0.4 is 5.73 Å². The standard InChI is InChI=1S/C12H16Cl2N2.ClH/c13-10-7-9(8-11(14)12(10)15)3-6-16-4-1-2-5-16;/h7-8H,1-6,15H2;1H. The highest BCUT2D eigenvalue weighted by molar-refractivity contribution is 6.38. The van der Waals surface area contributed by atoms with E-state index < -0.39 is 0 Å². The monoisotopic (exact) mass is 294 g/mol. The minimum absolute atomic E-state index is 0. The van der Waals surface area contributed by atoms with E-state index in [0.717, 1.165) is 18.5 Å². The van der Waals surface area contributed by atoms with Crippen LogP contribution in [0, 0.1) is 0 Å². The van der Waals surface area contributed by atoms with Crippen LogP contribution in [0.15, 0.2) is 12.1 Å². The van der Waals surface area contributed by atoms with E-state index in [4.69, 9.17) is 28.9 Å². The number of nitrogens with two attached hydrogens (primary N) is 1. The lowest BCUT2D eigenvalue weighted by Crippen LogP contribution is -2.21. The average Bonchev–Trinajstić information content (AvgIpc) is 2.75. The highest BCUT2D eigenvalue weighted by Crippen LogP contribution is 2.29. The normalized spacial score (nSPS) is 15.9. The van der Waals surface area contributed by atoms with Crippen LogP contribution in [0.25, 0.3) is 0 Å². The Bertz CT molecular complexity index is 353. The summed E-state index contributed by atoms with van der Waals surface area (Å²) in [6.45, 7) is 3.52. The smallest absolute Gasteiger partial charge is 0.0693 e. The van der Waals surface area contributed by atoms with Gasteiger partial charge >= 0.3 is 0 Å². The van der Waals surface area contributed by atoms with Gasteiger partial charge in [-0.05, 0) is 50.0 Å². The van der Waals surface area contributed by atoms with Gasteiger partial charge in [-0.25, -0.2) is 0 Å². The summed E-state index contributed by atoms with van der Waals surface area (Å²) in [5.41, 5.74) is 7.34. The SMILES string of the molecule is Cl.Nc1c(Cl)cc(CCN2CCCC2)cc1Cl. The van der Waals surface area contributed by atoms with Crippen LogP contribution in [0.4, 0.5) is 5.69 Å². The second-order valence-electron chi connectivity index (χ2n) is 4.27. The molecule has 0 bridgehead atoms. The van der Waals surface area contributed by atoms with Crippen molar-refractivity contribution in [3.63, 3.8) is 0 Å². The van der Waals surface area contributed by atoms with Gasteiger partial charge in [-0.1, -0.05) is 23.2 Å². The molecule has 2 nitrogen and oxygen atoms in total. The van der Waals surface area contributed by atoms with Gasteiger partial charge in [0.1, 0.15) is 0 Å². The number of anilines is 1. The topological polar surface area (TPSA) is 29.3 Å². The molecule has 5 heteroatoms. The van der Waals surface area contributed by atoms with E-state index in [9.17, 15) is 0 Å². The highest BCUT2D eigenvalue weighted by atomic mass is 35.5. The largest absolute Gasteiger partial charge is 0.396 e. The quantitative estimate of drug-likeness (QED) is 0.863. The van der Waals surface area contributed by atoms with Gasteiger partial charge in [0.2, 0.25) is 0 Å². The molecule has 2 N–H and O–H groups in total. The molecule has 1 aromatic rings. The van der Waals surface area contributed by atoms with Gasteiger partial charge in [-0.2, -0.15) is 0 Å². The van der Waals surface area contributed by atoms with Crippen LogP contribution in [0.2, 0.25) is 10.0 Å². The first-order valence-electron chi connectivity index (χ1n) is 5.62. The molecule has 1 saturated heterocycles. The third-order valence-electron chi connectivity index (χ3n) is 3.05. The molecule has 96 valence electrons. The lowest BCUT2D eigenvalue weighted by atomic mass is 10.1. The summed E-state index contributed by atoms with van der Waals surface area (Å²) in [6, 6.07) is 3.83. The fourth-order valence-electron chi connectivity index (χ4n) is 2.07. The maximum atomic E-state index is 5.99. The molecule has 1 aliphatic rings. The number of likely N-dealkylation sites (tertiary alicyclic amines) is 1. The van der Waals surface area contributed by atoms with Crippen LogP contribution in [0.3, 0.4) is 0 Å². The summed E-state index contributed by atoms with van der Waals surface area (Å²) in [7, 11) is 0. The summed E-state index contributed by atoms with van der Waals surface area (Å²) < 4.78 is 0. The Balaban J connectivity index is 0.00000144. The summed E-state index contributed by atoms with van der Waals surface area (Å²) in [4.78, 5) is 2.47. The first-order valence-corrected chi connectivity index (χ1v) is 6.38. The maximum absolute atomic E-state index is 5.99. The van der Waals surface area contributed by atoms with Gasteiger partial charge in [-0.15, -0.1) is 12.4 Å². The Morgan fingerprint density at radius 3 is 2.18 bits per heavy atom. The zero-order chi connectivity index (χ0) is 11.5. The Morgan fingerprint density at radius 2 is 1.65 bits per heavy atom. The Labute approximate surface area is 118 Å². The van der Waals surface area contributed by atoms with Gasteiger partial charge in [0.25, 0.3) is 0 Å². The molecule has 0 saturated carbocycles. The van der Waals surface area contributed by atoms with E-state index in [1.165, 1.54) is 25.9 Å². The number of nitrogen functional groups attached to an aromatic ring is 1. The molecule has 0 unspecified atom stereocenters. The zero-order valence-corrected chi connectivity index (χ0v) is 11.9. The molecule has 2 rings (SSSR count). The lowest BCUT2D eigenvalue weighted by molar-refractivity contribution is 0.343. The summed E-state index contributed by atoms with van der Waals surface area (Å²) >= 11 is 12.0. The summed E-state index contributed by atoms with van der Waals surface area (Å²) in [6.07, 6.45) is 3.63. The number of halogens is 3. The minimum atomic E-state index is 0. The van der Waals surface area contributed by atoms with Gasteiger partial charge in [0.05, 0.1) is 15.7 Å². The van der Waals surface area contributed by atoms with E-state index in [2.05, 4.69) is 4.90 Å². The maximum Gasteiger partial charge on any atom is 0.0693 e. The molecule has 0 atom stereocenters. The number of rotatable bonds is 3. The first-order chi connectivity index (χ1) is 7.66. The lowest BCUT2D eigenvalue weighted by Gasteiger charge is -2.14. The van der Waals surface area contributed by atoms with Crippen molar-refractivity contribution >= 4 is 41.3 Å². The van der Waals surface area contributed by atoms with E-state index >= 15 is 0 Å². The Kier molecular flexibility index (Phi) is 5.87. The van der Waals surface area contributed by atoms with Crippen LogP contribution in [-0.4, -0.2) is 24.5 Å². The molecule has 0 aliphatic carbocycles. The summed E-state index contributed by atoms with van der Waals surface area (Å²) in [5.74, 6) is 0. The van der Waals surface area contributed by atoms with Crippen molar-refractivity contribution in [2.24, 2.45) is 0 Å².